The second kappa shape index (κ2) is 11.3. The van der Waals surface area contributed by atoms with Gasteiger partial charge in [0.25, 0.3) is 11.8 Å². The van der Waals surface area contributed by atoms with E-state index in [2.05, 4.69) is 32.1 Å². The van der Waals surface area contributed by atoms with Gasteiger partial charge in [0.15, 0.2) is 11.7 Å². The standard InChI is InChI=1S/C23H20BrN3O4S/c1-30-19-12-11-16(24)13-18(19)22(29)25-23(32)27-26-21(28)14-31-20-10-6-5-9-17(20)15-7-3-2-4-8-15/h2-13H,14H2,1H3,(H,26,28)(H2,25,27,29,32). The number of benzene rings is 3. The van der Waals surface area contributed by atoms with E-state index in [-0.39, 0.29) is 11.7 Å². The smallest absolute Gasteiger partial charge is 0.276 e. The molecule has 7 nitrogen and oxygen atoms in total. The molecular formula is C23H20BrN3O4S. The summed E-state index contributed by atoms with van der Waals surface area (Å²) < 4.78 is 11.6. The molecule has 32 heavy (non-hydrogen) atoms. The summed E-state index contributed by atoms with van der Waals surface area (Å²) in [4.78, 5) is 24.6. The van der Waals surface area contributed by atoms with Crippen molar-refractivity contribution in [3.63, 3.8) is 0 Å². The fourth-order valence-corrected chi connectivity index (χ4v) is 3.32. The van der Waals surface area contributed by atoms with E-state index < -0.39 is 11.8 Å². The highest BCUT2D eigenvalue weighted by Gasteiger charge is 2.15. The lowest BCUT2D eigenvalue weighted by atomic mass is 10.1. The highest BCUT2D eigenvalue weighted by molar-refractivity contribution is 9.10. The van der Waals surface area contributed by atoms with Crippen molar-refractivity contribution in [1.82, 2.24) is 16.2 Å². The number of methoxy groups -OCH3 is 1. The van der Waals surface area contributed by atoms with Crippen LogP contribution in [0.2, 0.25) is 0 Å². The summed E-state index contributed by atoms with van der Waals surface area (Å²) in [6, 6.07) is 22.2. The molecule has 3 aromatic rings. The molecule has 0 spiro atoms. The van der Waals surface area contributed by atoms with Gasteiger partial charge in [-0.05, 0) is 42.0 Å². The van der Waals surface area contributed by atoms with Gasteiger partial charge < -0.3 is 9.47 Å². The van der Waals surface area contributed by atoms with Crippen molar-refractivity contribution in [3.8, 4) is 22.6 Å². The summed E-state index contributed by atoms with van der Waals surface area (Å²) in [5.74, 6) is 0.0157. The van der Waals surface area contributed by atoms with Crippen LogP contribution in [-0.4, -0.2) is 30.6 Å². The van der Waals surface area contributed by atoms with Gasteiger partial charge in [-0.1, -0.05) is 64.5 Å². The van der Waals surface area contributed by atoms with Crippen LogP contribution in [0.5, 0.6) is 11.5 Å². The van der Waals surface area contributed by atoms with Crippen LogP contribution in [0, 0.1) is 0 Å². The zero-order valence-electron chi connectivity index (χ0n) is 17.1. The van der Waals surface area contributed by atoms with E-state index in [9.17, 15) is 9.59 Å². The first-order valence-corrected chi connectivity index (χ1v) is 10.7. The number of ether oxygens (including phenoxy) is 2. The second-order valence-electron chi connectivity index (χ2n) is 6.45. The molecule has 0 aromatic heterocycles. The van der Waals surface area contributed by atoms with E-state index in [1.54, 1.807) is 24.3 Å². The molecule has 3 N–H and O–H groups in total. The predicted molar refractivity (Wildman–Crippen MR) is 129 cm³/mol. The molecule has 0 saturated carbocycles. The Morgan fingerprint density at radius 1 is 0.938 bits per heavy atom. The number of halogens is 1. The molecule has 2 amide bonds. The second-order valence-corrected chi connectivity index (χ2v) is 7.78. The lowest BCUT2D eigenvalue weighted by molar-refractivity contribution is -0.123. The van der Waals surface area contributed by atoms with Crippen molar-refractivity contribution in [1.29, 1.82) is 0 Å². The zero-order valence-corrected chi connectivity index (χ0v) is 19.5. The molecule has 0 bridgehead atoms. The van der Waals surface area contributed by atoms with E-state index >= 15 is 0 Å². The first-order valence-electron chi connectivity index (χ1n) is 9.49. The Kier molecular flexibility index (Phi) is 8.18. The largest absolute Gasteiger partial charge is 0.496 e. The molecule has 0 saturated heterocycles. The minimum absolute atomic E-state index is 0.0740. The van der Waals surface area contributed by atoms with Gasteiger partial charge >= 0.3 is 0 Å². The van der Waals surface area contributed by atoms with Gasteiger partial charge in [0.2, 0.25) is 0 Å². The Hall–Kier alpha value is -3.43. The number of thiocarbonyl (C=S) groups is 1. The third kappa shape index (κ3) is 6.29. The summed E-state index contributed by atoms with van der Waals surface area (Å²) in [5, 5.41) is 2.41. The fraction of sp³-hybridized carbons (Fsp3) is 0.0870. The van der Waals surface area contributed by atoms with E-state index in [0.29, 0.717) is 21.5 Å². The van der Waals surface area contributed by atoms with Gasteiger partial charge in [-0.2, -0.15) is 0 Å². The van der Waals surface area contributed by atoms with Crippen molar-refractivity contribution in [2.75, 3.05) is 13.7 Å². The average molecular weight is 514 g/mol. The number of nitrogens with one attached hydrogen (secondary N) is 3. The zero-order chi connectivity index (χ0) is 22.9. The number of hydrogen-bond acceptors (Lipinski definition) is 5. The summed E-state index contributed by atoms with van der Waals surface area (Å²) in [6.45, 7) is -0.243. The van der Waals surface area contributed by atoms with Crippen LogP contribution in [0.3, 0.4) is 0 Å². The molecule has 0 atom stereocenters. The minimum Gasteiger partial charge on any atom is -0.496 e. The van der Waals surface area contributed by atoms with E-state index in [1.807, 2.05) is 48.5 Å². The van der Waals surface area contributed by atoms with Gasteiger partial charge in [0.1, 0.15) is 11.5 Å². The highest BCUT2D eigenvalue weighted by atomic mass is 79.9. The molecule has 9 heteroatoms. The van der Waals surface area contributed by atoms with Gasteiger partial charge in [-0.15, -0.1) is 0 Å². The number of hydrazine groups is 1. The fourth-order valence-electron chi connectivity index (χ4n) is 2.81. The first-order chi connectivity index (χ1) is 15.5. The number of rotatable bonds is 6. The molecule has 0 aliphatic rings. The Balaban J connectivity index is 1.51. The quantitative estimate of drug-likeness (QED) is 0.342. The van der Waals surface area contributed by atoms with Gasteiger partial charge in [0.05, 0.1) is 12.7 Å². The molecule has 3 rings (SSSR count). The Labute approximate surface area is 199 Å². The molecule has 0 unspecified atom stereocenters. The van der Waals surface area contributed by atoms with Crippen LogP contribution in [0.15, 0.2) is 77.3 Å². The third-order valence-electron chi connectivity index (χ3n) is 4.28. The molecule has 0 aliphatic heterocycles. The highest BCUT2D eigenvalue weighted by Crippen LogP contribution is 2.29. The molecule has 164 valence electrons. The monoisotopic (exact) mass is 513 g/mol. The van der Waals surface area contributed by atoms with Gasteiger partial charge in [-0.25, -0.2) is 0 Å². The molecular weight excluding hydrogens is 494 g/mol. The third-order valence-corrected chi connectivity index (χ3v) is 4.98. The maximum absolute atomic E-state index is 12.4. The van der Waals surface area contributed by atoms with Crippen molar-refractivity contribution < 1.29 is 19.1 Å². The van der Waals surface area contributed by atoms with Crippen molar-refractivity contribution in [2.24, 2.45) is 0 Å². The SMILES string of the molecule is COc1ccc(Br)cc1C(=O)NC(=S)NNC(=O)COc1ccccc1-c1ccccc1. The number of carbonyl (C=O) groups is 2. The van der Waals surface area contributed by atoms with Crippen molar-refractivity contribution in [3.05, 3.63) is 82.8 Å². The van der Waals surface area contributed by atoms with E-state index in [1.165, 1.54) is 7.11 Å². The molecule has 0 aliphatic carbocycles. The lowest BCUT2D eigenvalue weighted by Crippen LogP contribution is -2.49. The summed E-state index contributed by atoms with van der Waals surface area (Å²) in [5.41, 5.74) is 7.03. The summed E-state index contributed by atoms with van der Waals surface area (Å²) >= 11 is 8.38. The number of para-hydroxylation sites is 1. The Morgan fingerprint density at radius 3 is 2.41 bits per heavy atom. The van der Waals surface area contributed by atoms with Crippen LogP contribution < -0.4 is 25.6 Å². The van der Waals surface area contributed by atoms with Crippen LogP contribution in [0.1, 0.15) is 10.4 Å². The molecule has 0 fully saturated rings. The lowest BCUT2D eigenvalue weighted by Gasteiger charge is -2.14. The molecule has 0 heterocycles. The minimum atomic E-state index is -0.483. The van der Waals surface area contributed by atoms with Crippen LogP contribution in [-0.2, 0) is 4.79 Å². The van der Waals surface area contributed by atoms with Crippen molar-refractivity contribution >= 4 is 45.1 Å². The molecule has 0 radical (unpaired) electrons. The van der Waals surface area contributed by atoms with Crippen LogP contribution in [0.4, 0.5) is 0 Å². The number of hydrogen-bond donors (Lipinski definition) is 3. The summed E-state index contributed by atoms with van der Waals surface area (Å²) in [6.07, 6.45) is 0. The van der Waals surface area contributed by atoms with E-state index in [4.69, 9.17) is 21.7 Å². The number of amides is 2. The Morgan fingerprint density at radius 2 is 1.66 bits per heavy atom. The Bertz CT molecular complexity index is 1130. The van der Waals surface area contributed by atoms with Gasteiger partial charge in [0, 0.05) is 10.0 Å². The van der Waals surface area contributed by atoms with Crippen LogP contribution in [0.25, 0.3) is 11.1 Å². The van der Waals surface area contributed by atoms with Crippen molar-refractivity contribution in [2.45, 2.75) is 0 Å². The summed E-state index contributed by atoms with van der Waals surface area (Å²) in [7, 11) is 1.47. The maximum Gasteiger partial charge on any atom is 0.276 e. The van der Waals surface area contributed by atoms with Gasteiger partial charge in [-0.3, -0.25) is 25.8 Å². The average Bonchev–Trinajstić information content (AvgIpc) is 2.82. The van der Waals surface area contributed by atoms with Crippen LogP contribution >= 0.6 is 28.1 Å². The maximum atomic E-state index is 12.4. The first kappa shape index (κ1) is 23.2. The predicted octanol–water partition coefficient (Wildman–Crippen LogP) is 3.84. The molecule has 3 aromatic carbocycles. The normalized spacial score (nSPS) is 10.1. The number of carbonyl (C=O) groups excluding carboxylic acids is 2. The van der Waals surface area contributed by atoms with E-state index in [0.717, 1.165) is 11.1 Å². The topological polar surface area (TPSA) is 88.7 Å².